The smallest absolute Gasteiger partial charge is 0.251 e. The summed E-state index contributed by atoms with van der Waals surface area (Å²) in [5, 5.41) is 9.85. The maximum Gasteiger partial charge on any atom is 0.251 e. The molecule has 0 spiro atoms. The van der Waals surface area contributed by atoms with Crippen LogP contribution in [0.2, 0.25) is 0 Å². The summed E-state index contributed by atoms with van der Waals surface area (Å²) in [5.74, 6) is 1.35. The van der Waals surface area contributed by atoms with Crippen LogP contribution in [0.3, 0.4) is 0 Å². The minimum absolute atomic E-state index is 0.0505. The van der Waals surface area contributed by atoms with E-state index in [0.29, 0.717) is 11.5 Å². The molecule has 3 heterocycles. The Kier molecular flexibility index (Phi) is 3.15. The molecule has 5 heteroatoms. The standard InChI is InChI=1S/C17H19N3O2/c1-18-17(21)10-4-5-13-12(9-10)15-11(6-7-19-15)16(20-13)14-3-2-8-22-14/h2-5,8-9,11,15-16,19-20H,6-7H2,1H3,(H,18,21)/t11-,15+,16?/m1/s1. The van der Waals surface area contributed by atoms with Gasteiger partial charge < -0.3 is 20.4 Å². The molecular weight excluding hydrogens is 278 g/mol. The van der Waals surface area contributed by atoms with E-state index in [1.54, 1.807) is 13.3 Å². The van der Waals surface area contributed by atoms with Gasteiger partial charge in [-0.1, -0.05) is 0 Å². The predicted molar refractivity (Wildman–Crippen MR) is 83.8 cm³/mol. The molecule has 2 aromatic rings. The highest BCUT2D eigenvalue weighted by atomic mass is 16.3. The first-order valence-electron chi connectivity index (χ1n) is 7.67. The van der Waals surface area contributed by atoms with Gasteiger partial charge in [0.15, 0.2) is 0 Å². The molecule has 1 aromatic heterocycles. The van der Waals surface area contributed by atoms with E-state index in [-0.39, 0.29) is 18.0 Å². The number of anilines is 1. The van der Waals surface area contributed by atoms with Crippen molar-refractivity contribution in [1.29, 1.82) is 0 Å². The number of amides is 1. The molecule has 1 fully saturated rings. The SMILES string of the molecule is CNC(=O)c1ccc2c(c1)[C@H]1NCC[C@H]1C(c1ccco1)N2. The van der Waals surface area contributed by atoms with Crippen molar-refractivity contribution in [2.75, 3.05) is 18.9 Å². The van der Waals surface area contributed by atoms with Gasteiger partial charge in [0.25, 0.3) is 5.91 Å². The molecule has 1 aromatic carbocycles. The van der Waals surface area contributed by atoms with E-state index in [2.05, 4.69) is 16.0 Å². The van der Waals surface area contributed by atoms with Crippen molar-refractivity contribution in [2.45, 2.75) is 18.5 Å². The Labute approximate surface area is 129 Å². The molecule has 114 valence electrons. The summed E-state index contributed by atoms with van der Waals surface area (Å²) in [6.45, 7) is 0.984. The molecule has 2 aliphatic rings. The monoisotopic (exact) mass is 297 g/mol. The summed E-state index contributed by atoms with van der Waals surface area (Å²) in [6.07, 6.45) is 2.81. The molecule has 22 heavy (non-hydrogen) atoms. The number of benzene rings is 1. The van der Waals surface area contributed by atoms with E-state index in [0.717, 1.165) is 24.4 Å². The van der Waals surface area contributed by atoms with Crippen molar-refractivity contribution in [2.24, 2.45) is 5.92 Å². The first-order valence-corrected chi connectivity index (χ1v) is 7.67. The van der Waals surface area contributed by atoms with E-state index >= 15 is 0 Å². The predicted octanol–water partition coefficient (Wildman–Crippen LogP) is 2.46. The number of hydrogen-bond donors (Lipinski definition) is 3. The van der Waals surface area contributed by atoms with Crippen LogP contribution in [0.5, 0.6) is 0 Å². The van der Waals surface area contributed by atoms with E-state index in [1.807, 2.05) is 30.3 Å². The molecule has 4 rings (SSSR count). The average molecular weight is 297 g/mol. The Morgan fingerprint density at radius 3 is 3.00 bits per heavy atom. The van der Waals surface area contributed by atoms with Gasteiger partial charge in [-0.3, -0.25) is 4.79 Å². The van der Waals surface area contributed by atoms with E-state index in [4.69, 9.17) is 4.42 Å². The Morgan fingerprint density at radius 1 is 1.32 bits per heavy atom. The summed E-state index contributed by atoms with van der Waals surface area (Å²) in [4.78, 5) is 11.9. The third kappa shape index (κ3) is 2.01. The zero-order valence-electron chi connectivity index (χ0n) is 12.4. The van der Waals surface area contributed by atoms with Crippen molar-refractivity contribution in [1.82, 2.24) is 10.6 Å². The van der Waals surface area contributed by atoms with Crippen LogP contribution < -0.4 is 16.0 Å². The van der Waals surface area contributed by atoms with Gasteiger partial charge >= 0.3 is 0 Å². The van der Waals surface area contributed by atoms with E-state index < -0.39 is 0 Å². The molecular formula is C17H19N3O2. The van der Waals surface area contributed by atoms with Crippen molar-refractivity contribution < 1.29 is 9.21 Å². The number of fused-ring (bicyclic) bond motifs is 3. The van der Waals surface area contributed by atoms with Crippen LogP contribution in [0.4, 0.5) is 5.69 Å². The fourth-order valence-electron chi connectivity index (χ4n) is 3.69. The lowest BCUT2D eigenvalue weighted by Crippen LogP contribution is -2.32. The van der Waals surface area contributed by atoms with E-state index in [9.17, 15) is 4.79 Å². The van der Waals surface area contributed by atoms with Crippen molar-refractivity contribution in [3.63, 3.8) is 0 Å². The van der Waals surface area contributed by atoms with Crippen LogP contribution in [0.25, 0.3) is 0 Å². The molecule has 2 aliphatic heterocycles. The maximum atomic E-state index is 11.9. The van der Waals surface area contributed by atoms with Gasteiger partial charge in [0.2, 0.25) is 0 Å². The van der Waals surface area contributed by atoms with Crippen molar-refractivity contribution in [3.05, 3.63) is 53.5 Å². The van der Waals surface area contributed by atoms with Gasteiger partial charge in [-0.2, -0.15) is 0 Å². The molecule has 5 nitrogen and oxygen atoms in total. The lowest BCUT2D eigenvalue weighted by atomic mass is 9.82. The number of nitrogens with one attached hydrogen (secondary N) is 3. The Bertz CT molecular complexity index is 696. The first-order chi connectivity index (χ1) is 10.8. The molecule has 0 radical (unpaired) electrons. The summed E-state index contributed by atoms with van der Waals surface area (Å²) in [5.41, 5.74) is 2.95. The third-order valence-electron chi connectivity index (χ3n) is 4.73. The summed E-state index contributed by atoms with van der Waals surface area (Å²) in [6, 6.07) is 10.2. The highest BCUT2D eigenvalue weighted by Crippen LogP contribution is 2.47. The molecule has 0 aliphatic carbocycles. The summed E-state index contributed by atoms with van der Waals surface area (Å²) < 4.78 is 5.62. The highest BCUT2D eigenvalue weighted by molar-refractivity contribution is 5.94. The van der Waals surface area contributed by atoms with Gasteiger partial charge in [-0.25, -0.2) is 0 Å². The number of hydrogen-bond acceptors (Lipinski definition) is 4. The highest BCUT2D eigenvalue weighted by Gasteiger charge is 2.41. The molecule has 0 bridgehead atoms. The van der Waals surface area contributed by atoms with Gasteiger partial charge in [-0.05, 0) is 48.9 Å². The van der Waals surface area contributed by atoms with Crippen LogP contribution in [-0.4, -0.2) is 19.5 Å². The Morgan fingerprint density at radius 2 is 2.23 bits per heavy atom. The lowest BCUT2D eigenvalue weighted by molar-refractivity contribution is 0.0963. The van der Waals surface area contributed by atoms with Crippen LogP contribution in [0, 0.1) is 5.92 Å². The summed E-state index contributed by atoms with van der Waals surface area (Å²) >= 11 is 0. The second-order valence-electron chi connectivity index (χ2n) is 5.90. The molecule has 3 atom stereocenters. The number of rotatable bonds is 2. The van der Waals surface area contributed by atoms with Crippen LogP contribution in [0.1, 0.15) is 40.2 Å². The number of carbonyl (C=O) groups is 1. The summed E-state index contributed by atoms with van der Waals surface area (Å²) in [7, 11) is 1.66. The number of carbonyl (C=O) groups excluding carboxylic acids is 1. The van der Waals surface area contributed by atoms with E-state index in [1.165, 1.54) is 5.56 Å². The fraction of sp³-hybridized carbons (Fsp3) is 0.353. The zero-order chi connectivity index (χ0) is 15.1. The lowest BCUT2D eigenvalue weighted by Gasteiger charge is -2.36. The molecule has 0 saturated carbocycles. The van der Waals surface area contributed by atoms with Crippen molar-refractivity contribution >= 4 is 11.6 Å². The molecule has 1 amide bonds. The topological polar surface area (TPSA) is 66.3 Å². The van der Waals surface area contributed by atoms with Crippen LogP contribution in [-0.2, 0) is 0 Å². The largest absolute Gasteiger partial charge is 0.467 e. The Hall–Kier alpha value is -2.27. The maximum absolute atomic E-state index is 11.9. The molecule has 1 unspecified atom stereocenters. The van der Waals surface area contributed by atoms with Crippen LogP contribution in [0.15, 0.2) is 41.0 Å². The van der Waals surface area contributed by atoms with Gasteiger partial charge in [0.05, 0.1) is 12.3 Å². The zero-order valence-corrected chi connectivity index (χ0v) is 12.4. The minimum Gasteiger partial charge on any atom is -0.467 e. The fourth-order valence-corrected chi connectivity index (χ4v) is 3.69. The van der Waals surface area contributed by atoms with Crippen LogP contribution >= 0.6 is 0 Å². The number of furan rings is 1. The average Bonchev–Trinajstić information content (AvgIpc) is 3.24. The second-order valence-corrected chi connectivity index (χ2v) is 5.90. The molecule has 3 N–H and O–H groups in total. The quantitative estimate of drug-likeness (QED) is 0.796. The van der Waals surface area contributed by atoms with Gasteiger partial charge in [0, 0.05) is 30.3 Å². The third-order valence-corrected chi connectivity index (χ3v) is 4.73. The minimum atomic E-state index is -0.0505. The Balaban J connectivity index is 1.75. The normalized spacial score (nSPS) is 26.0. The van der Waals surface area contributed by atoms with Gasteiger partial charge in [0.1, 0.15) is 5.76 Å². The molecule has 1 saturated heterocycles. The van der Waals surface area contributed by atoms with Crippen molar-refractivity contribution in [3.8, 4) is 0 Å². The second kappa shape index (κ2) is 5.18. The first kappa shape index (κ1) is 13.4. The van der Waals surface area contributed by atoms with Gasteiger partial charge in [-0.15, -0.1) is 0 Å².